The molecule has 0 saturated heterocycles. The van der Waals surface area contributed by atoms with Gasteiger partial charge in [-0.2, -0.15) is 0 Å². The summed E-state index contributed by atoms with van der Waals surface area (Å²) in [5.74, 6) is -0.935. The van der Waals surface area contributed by atoms with Crippen molar-refractivity contribution in [3.63, 3.8) is 0 Å². The Hall–Kier alpha value is -2.69. The lowest BCUT2D eigenvalue weighted by molar-refractivity contribution is 0.0697. The van der Waals surface area contributed by atoms with Crippen LogP contribution in [0.2, 0.25) is 0 Å². The van der Waals surface area contributed by atoms with Crippen LogP contribution in [0.3, 0.4) is 0 Å². The maximum absolute atomic E-state index is 10.9. The van der Waals surface area contributed by atoms with Crippen molar-refractivity contribution in [1.82, 2.24) is 14.5 Å². The fourth-order valence-corrected chi connectivity index (χ4v) is 2.16. The van der Waals surface area contributed by atoms with Gasteiger partial charge in [0.05, 0.1) is 22.9 Å². The molecule has 0 fully saturated rings. The van der Waals surface area contributed by atoms with Crippen molar-refractivity contribution >= 4 is 17.0 Å². The van der Waals surface area contributed by atoms with E-state index in [1.165, 1.54) is 0 Å². The Kier molecular flexibility index (Phi) is 3.16. The molecule has 1 aromatic carbocycles. The summed E-state index contributed by atoms with van der Waals surface area (Å²) in [7, 11) is 0. The number of carboxylic acids is 1. The van der Waals surface area contributed by atoms with E-state index >= 15 is 0 Å². The topological polar surface area (TPSA) is 68.0 Å². The number of rotatable bonds is 4. The van der Waals surface area contributed by atoms with Gasteiger partial charge in [0, 0.05) is 24.9 Å². The third kappa shape index (κ3) is 2.38. The summed E-state index contributed by atoms with van der Waals surface area (Å²) in [4.78, 5) is 19.5. The van der Waals surface area contributed by atoms with Gasteiger partial charge in [0.15, 0.2) is 0 Å². The number of carbonyl (C=O) groups is 1. The molecule has 2 heterocycles. The van der Waals surface area contributed by atoms with Gasteiger partial charge in [-0.3, -0.25) is 4.98 Å². The Bertz CT molecular complexity index is 750. The largest absolute Gasteiger partial charge is 0.478 e. The van der Waals surface area contributed by atoms with E-state index in [1.54, 1.807) is 30.7 Å². The Morgan fingerprint density at radius 3 is 2.85 bits per heavy atom. The van der Waals surface area contributed by atoms with Crippen LogP contribution in [0.5, 0.6) is 0 Å². The van der Waals surface area contributed by atoms with Gasteiger partial charge in [-0.15, -0.1) is 0 Å². The lowest BCUT2D eigenvalue weighted by atomic mass is 10.2. The molecule has 2 aromatic heterocycles. The first-order valence-corrected chi connectivity index (χ1v) is 6.32. The normalized spacial score (nSPS) is 10.8. The van der Waals surface area contributed by atoms with Crippen molar-refractivity contribution < 1.29 is 9.90 Å². The highest BCUT2D eigenvalue weighted by atomic mass is 16.4. The molecule has 3 aromatic rings. The van der Waals surface area contributed by atoms with Gasteiger partial charge in [-0.25, -0.2) is 9.78 Å². The lowest BCUT2D eigenvalue weighted by Crippen LogP contribution is -2.01. The fraction of sp³-hybridized carbons (Fsp3) is 0.133. The molecule has 0 saturated carbocycles. The number of benzene rings is 1. The number of imidazole rings is 1. The first-order valence-electron chi connectivity index (χ1n) is 6.32. The van der Waals surface area contributed by atoms with Crippen molar-refractivity contribution in [2.75, 3.05) is 0 Å². The number of pyridine rings is 1. The molecule has 5 heteroatoms. The zero-order chi connectivity index (χ0) is 13.9. The number of hydrogen-bond acceptors (Lipinski definition) is 3. The van der Waals surface area contributed by atoms with Crippen molar-refractivity contribution in [2.24, 2.45) is 0 Å². The smallest absolute Gasteiger partial charge is 0.335 e. The summed E-state index contributed by atoms with van der Waals surface area (Å²) in [5.41, 5.74) is 2.92. The minimum atomic E-state index is -0.935. The van der Waals surface area contributed by atoms with E-state index in [-0.39, 0.29) is 5.56 Å². The molecule has 0 aliphatic rings. The van der Waals surface area contributed by atoms with Crippen LogP contribution in [0.4, 0.5) is 0 Å². The number of fused-ring (bicyclic) bond motifs is 1. The van der Waals surface area contributed by atoms with Gasteiger partial charge in [0.2, 0.25) is 0 Å². The van der Waals surface area contributed by atoms with Crippen LogP contribution in [0.1, 0.15) is 16.1 Å². The fourth-order valence-electron chi connectivity index (χ4n) is 2.16. The maximum Gasteiger partial charge on any atom is 0.335 e. The average Bonchev–Trinajstić information content (AvgIpc) is 2.88. The van der Waals surface area contributed by atoms with E-state index in [1.807, 2.05) is 22.8 Å². The van der Waals surface area contributed by atoms with Crippen LogP contribution in [0.25, 0.3) is 11.0 Å². The summed E-state index contributed by atoms with van der Waals surface area (Å²) < 4.78 is 2.01. The molecular formula is C15H13N3O2. The summed E-state index contributed by atoms with van der Waals surface area (Å²) in [6.07, 6.45) is 4.33. The standard InChI is InChI=1S/C15H13N3O2/c19-15(20)11-4-5-14-13(9-11)17-10-18(14)8-6-12-3-1-2-7-16-12/h1-5,7,9-10H,6,8H2,(H,19,20). The van der Waals surface area contributed by atoms with Crippen molar-refractivity contribution in [2.45, 2.75) is 13.0 Å². The third-order valence-electron chi connectivity index (χ3n) is 3.20. The van der Waals surface area contributed by atoms with Crippen LogP contribution in [0.15, 0.2) is 48.9 Å². The molecule has 1 N–H and O–H groups in total. The molecule has 0 bridgehead atoms. The molecule has 20 heavy (non-hydrogen) atoms. The monoisotopic (exact) mass is 267 g/mol. The first kappa shape index (κ1) is 12.3. The molecular weight excluding hydrogens is 254 g/mol. The zero-order valence-electron chi connectivity index (χ0n) is 10.7. The summed E-state index contributed by atoms with van der Waals surface area (Å²) in [6, 6.07) is 10.8. The highest BCUT2D eigenvalue weighted by Gasteiger charge is 2.07. The molecule has 0 radical (unpaired) electrons. The predicted octanol–water partition coefficient (Wildman–Crippen LogP) is 2.37. The van der Waals surface area contributed by atoms with Gasteiger partial charge in [-0.1, -0.05) is 6.07 Å². The van der Waals surface area contributed by atoms with Crippen LogP contribution in [0, 0.1) is 0 Å². The third-order valence-corrected chi connectivity index (χ3v) is 3.20. The molecule has 5 nitrogen and oxygen atoms in total. The molecule has 0 aliphatic carbocycles. The van der Waals surface area contributed by atoms with E-state index in [0.717, 1.165) is 24.2 Å². The van der Waals surface area contributed by atoms with Crippen LogP contribution in [-0.4, -0.2) is 25.6 Å². The summed E-state index contributed by atoms with van der Waals surface area (Å²) in [5, 5.41) is 8.96. The molecule has 0 amide bonds. The highest BCUT2D eigenvalue weighted by Crippen LogP contribution is 2.15. The molecule has 0 atom stereocenters. The SMILES string of the molecule is O=C(O)c1ccc2c(c1)ncn2CCc1ccccn1. The second kappa shape index (κ2) is 5.13. The zero-order valence-corrected chi connectivity index (χ0v) is 10.7. The van der Waals surface area contributed by atoms with E-state index in [9.17, 15) is 4.79 Å². The van der Waals surface area contributed by atoms with E-state index in [2.05, 4.69) is 9.97 Å². The Balaban J connectivity index is 1.84. The molecule has 0 aliphatic heterocycles. The lowest BCUT2D eigenvalue weighted by Gasteiger charge is -2.04. The van der Waals surface area contributed by atoms with Crippen molar-refractivity contribution in [3.8, 4) is 0 Å². The van der Waals surface area contributed by atoms with Crippen LogP contribution in [-0.2, 0) is 13.0 Å². The van der Waals surface area contributed by atoms with Crippen molar-refractivity contribution in [3.05, 3.63) is 60.2 Å². The quantitative estimate of drug-likeness (QED) is 0.788. The van der Waals surface area contributed by atoms with Crippen molar-refractivity contribution in [1.29, 1.82) is 0 Å². The number of carboxylic acid groups (broad SMARTS) is 1. The Morgan fingerprint density at radius 1 is 1.20 bits per heavy atom. The van der Waals surface area contributed by atoms with E-state index in [4.69, 9.17) is 5.11 Å². The molecule has 3 rings (SSSR count). The summed E-state index contributed by atoms with van der Waals surface area (Å²) >= 11 is 0. The number of aromatic carboxylic acids is 1. The first-order chi connectivity index (χ1) is 9.74. The number of aromatic nitrogens is 3. The van der Waals surface area contributed by atoms with Gasteiger partial charge >= 0.3 is 5.97 Å². The molecule has 0 spiro atoms. The second-order valence-electron chi connectivity index (χ2n) is 4.52. The summed E-state index contributed by atoms with van der Waals surface area (Å²) in [6.45, 7) is 0.764. The highest BCUT2D eigenvalue weighted by molar-refractivity contribution is 5.92. The average molecular weight is 267 g/mol. The number of nitrogens with zero attached hydrogens (tertiary/aromatic N) is 3. The molecule has 0 unspecified atom stereocenters. The maximum atomic E-state index is 10.9. The van der Waals surface area contributed by atoms with Gasteiger partial charge in [0.25, 0.3) is 0 Å². The van der Waals surface area contributed by atoms with E-state index < -0.39 is 5.97 Å². The minimum absolute atomic E-state index is 0.257. The Morgan fingerprint density at radius 2 is 2.10 bits per heavy atom. The number of aryl methyl sites for hydroxylation is 2. The Labute approximate surface area is 115 Å². The van der Waals surface area contributed by atoms with Crippen LogP contribution >= 0.6 is 0 Å². The minimum Gasteiger partial charge on any atom is -0.478 e. The van der Waals surface area contributed by atoms with Gasteiger partial charge < -0.3 is 9.67 Å². The predicted molar refractivity (Wildman–Crippen MR) is 74.6 cm³/mol. The van der Waals surface area contributed by atoms with Gasteiger partial charge in [-0.05, 0) is 30.3 Å². The van der Waals surface area contributed by atoms with E-state index in [0.29, 0.717) is 5.52 Å². The second-order valence-corrected chi connectivity index (χ2v) is 4.52. The van der Waals surface area contributed by atoms with Crippen LogP contribution < -0.4 is 0 Å². The molecule has 100 valence electrons. The van der Waals surface area contributed by atoms with Gasteiger partial charge in [0.1, 0.15) is 0 Å². The number of hydrogen-bond donors (Lipinski definition) is 1.